The number of methoxy groups -OCH3 is 1. The van der Waals surface area contributed by atoms with Crippen LogP contribution in [0.5, 0.6) is 0 Å². The maximum absolute atomic E-state index is 12.5. The van der Waals surface area contributed by atoms with Crippen LogP contribution in [0.25, 0.3) is 0 Å². The molecule has 1 amide bonds. The van der Waals surface area contributed by atoms with E-state index in [9.17, 15) is 4.79 Å². The Morgan fingerprint density at radius 3 is 3.10 bits per heavy atom. The van der Waals surface area contributed by atoms with Crippen LogP contribution < -0.4 is 0 Å². The second kappa shape index (κ2) is 5.73. The lowest BCUT2D eigenvalue weighted by Crippen LogP contribution is -2.41. The van der Waals surface area contributed by atoms with Crippen molar-refractivity contribution in [3.63, 3.8) is 0 Å². The van der Waals surface area contributed by atoms with Crippen LogP contribution in [-0.2, 0) is 17.7 Å². The van der Waals surface area contributed by atoms with Gasteiger partial charge in [0.25, 0.3) is 5.91 Å². The monoisotopic (exact) mass is 289 g/mol. The number of fused-ring (bicyclic) bond motifs is 1. The third-order valence-electron chi connectivity index (χ3n) is 3.97. The maximum atomic E-state index is 12.5. The van der Waals surface area contributed by atoms with Crippen molar-refractivity contribution in [1.29, 1.82) is 0 Å². The molecule has 0 radical (unpaired) electrons. The van der Waals surface area contributed by atoms with Gasteiger partial charge in [-0.05, 0) is 13.0 Å². The Hall–Kier alpha value is -2.08. The largest absolute Gasteiger partial charge is 0.472 e. The summed E-state index contributed by atoms with van der Waals surface area (Å²) in [7, 11) is 1.70. The fraction of sp³-hybridized carbons (Fsp3) is 0.467. The fourth-order valence-electron chi connectivity index (χ4n) is 2.80. The minimum Gasteiger partial charge on any atom is -0.472 e. The number of aromatic nitrogens is 2. The summed E-state index contributed by atoms with van der Waals surface area (Å²) in [6, 6.07) is 1.65. The summed E-state index contributed by atoms with van der Waals surface area (Å²) in [6.45, 7) is 4.13. The van der Waals surface area contributed by atoms with E-state index in [2.05, 4.69) is 9.55 Å². The smallest absolute Gasteiger partial charge is 0.257 e. The van der Waals surface area contributed by atoms with E-state index in [1.54, 1.807) is 13.2 Å². The Balaban J connectivity index is 1.81. The van der Waals surface area contributed by atoms with E-state index in [0.29, 0.717) is 18.7 Å². The van der Waals surface area contributed by atoms with E-state index in [0.717, 1.165) is 24.5 Å². The average Bonchev–Trinajstić information content (AvgIpc) is 3.15. The molecule has 0 spiro atoms. The molecule has 1 aliphatic rings. The van der Waals surface area contributed by atoms with E-state index in [4.69, 9.17) is 9.15 Å². The van der Waals surface area contributed by atoms with Crippen molar-refractivity contribution < 1.29 is 13.9 Å². The second-order valence-electron chi connectivity index (χ2n) is 5.19. The Kier molecular flexibility index (Phi) is 3.79. The summed E-state index contributed by atoms with van der Waals surface area (Å²) in [5.41, 5.74) is 1.75. The molecule has 0 fully saturated rings. The van der Waals surface area contributed by atoms with Gasteiger partial charge in [-0.25, -0.2) is 4.98 Å². The second-order valence-corrected chi connectivity index (χ2v) is 5.19. The van der Waals surface area contributed by atoms with Gasteiger partial charge in [-0.1, -0.05) is 0 Å². The van der Waals surface area contributed by atoms with Crippen LogP contribution in [0.15, 0.2) is 29.2 Å². The molecule has 3 rings (SSSR count). The zero-order valence-corrected chi connectivity index (χ0v) is 12.3. The standard InChI is InChI=1S/C15H19N3O3/c1-11-14-16-9-13(4-7-20-2)18(14)6-5-17(11)15(19)12-3-8-21-10-12/h3,8-11H,4-7H2,1-2H3. The van der Waals surface area contributed by atoms with Crippen molar-refractivity contribution in [3.05, 3.63) is 41.9 Å². The van der Waals surface area contributed by atoms with Crippen molar-refractivity contribution in [2.45, 2.75) is 25.9 Å². The molecule has 1 aliphatic heterocycles. The minimum atomic E-state index is -0.0440. The molecule has 0 aromatic carbocycles. The van der Waals surface area contributed by atoms with Crippen LogP contribution in [0.1, 0.15) is 34.8 Å². The number of ether oxygens (including phenoxy) is 1. The zero-order chi connectivity index (χ0) is 14.8. The van der Waals surface area contributed by atoms with Gasteiger partial charge in [0.05, 0.1) is 24.5 Å². The van der Waals surface area contributed by atoms with Crippen LogP contribution in [0.2, 0.25) is 0 Å². The molecule has 6 nitrogen and oxygen atoms in total. The zero-order valence-electron chi connectivity index (χ0n) is 12.3. The van der Waals surface area contributed by atoms with Crippen molar-refractivity contribution in [2.24, 2.45) is 0 Å². The molecular weight excluding hydrogens is 270 g/mol. The quantitative estimate of drug-likeness (QED) is 0.862. The lowest BCUT2D eigenvalue weighted by atomic mass is 10.1. The first-order valence-corrected chi connectivity index (χ1v) is 7.08. The highest BCUT2D eigenvalue weighted by Gasteiger charge is 2.31. The molecule has 2 aromatic rings. The number of nitrogens with zero attached hydrogens (tertiary/aromatic N) is 3. The van der Waals surface area contributed by atoms with Gasteiger partial charge in [-0.15, -0.1) is 0 Å². The van der Waals surface area contributed by atoms with Gasteiger partial charge in [-0.3, -0.25) is 4.79 Å². The van der Waals surface area contributed by atoms with Crippen LogP contribution in [0.3, 0.4) is 0 Å². The first-order chi connectivity index (χ1) is 10.2. The van der Waals surface area contributed by atoms with Gasteiger partial charge in [0.1, 0.15) is 12.1 Å². The van der Waals surface area contributed by atoms with Crippen molar-refractivity contribution in [1.82, 2.24) is 14.5 Å². The lowest BCUT2D eigenvalue weighted by Gasteiger charge is -2.34. The third-order valence-corrected chi connectivity index (χ3v) is 3.97. The molecule has 21 heavy (non-hydrogen) atoms. The van der Waals surface area contributed by atoms with E-state index < -0.39 is 0 Å². The van der Waals surface area contributed by atoms with Crippen LogP contribution in [-0.4, -0.2) is 40.6 Å². The topological polar surface area (TPSA) is 60.5 Å². The molecular formula is C15H19N3O3. The molecule has 1 unspecified atom stereocenters. The van der Waals surface area contributed by atoms with E-state index >= 15 is 0 Å². The number of hydrogen-bond donors (Lipinski definition) is 0. The highest BCUT2D eigenvalue weighted by molar-refractivity contribution is 5.94. The fourth-order valence-corrected chi connectivity index (χ4v) is 2.80. The van der Waals surface area contributed by atoms with Crippen molar-refractivity contribution in [2.75, 3.05) is 20.3 Å². The van der Waals surface area contributed by atoms with Crippen LogP contribution in [0, 0.1) is 0 Å². The summed E-state index contributed by atoms with van der Waals surface area (Å²) in [5, 5.41) is 0. The first kappa shape index (κ1) is 13.9. The van der Waals surface area contributed by atoms with Gasteiger partial charge in [0.2, 0.25) is 0 Å². The predicted molar refractivity (Wildman–Crippen MR) is 76.0 cm³/mol. The Morgan fingerprint density at radius 1 is 1.52 bits per heavy atom. The van der Waals surface area contributed by atoms with Gasteiger partial charge in [0.15, 0.2) is 0 Å². The summed E-state index contributed by atoms with van der Waals surface area (Å²) < 4.78 is 12.3. The SMILES string of the molecule is COCCc1cnc2n1CCN(C(=O)c1ccoc1)C2C. The third kappa shape index (κ3) is 2.47. The number of imidazole rings is 1. The molecule has 3 heterocycles. The number of amides is 1. The normalized spacial score (nSPS) is 17.8. The van der Waals surface area contributed by atoms with E-state index in [1.807, 2.05) is 18.0 Å². The first-order valence-electron chi connectivity index (χ1n) is 7.08. The molecule has 6 heteroatoms. The van der Waals surface area contributed by atoms with Gasteiger partial charge in [0, 0.05) is 38.5 Å². The van der Waals surface area contributed by atoms with Gasteiger partial charge < -0.3 is 18.6 Å². The molecule has 0 saturated carbocycles. The molecule has 2 aromatic heterocycles. The molecule has 0 N–H and O–H groups in total. The molecule has 0 saturated heterocycles. The van der Waals surface area contributed by atoms with E-state index in [-0.39, 0.29) is 11.9 Å². The summed E-state index contributed by atoms with van der Waals surface area (Å²) in [6.07, 6.45) is 5.73. The van der Waals surface area contributed by atoms with Crippen molar-refractivity contribution >= 4 is 5.91 Å². The van der Waals surface area contributed by atoms with Crippen molar-refractivity contribution in [3.8, 4) is 0 Å². The average molecular weight is 289 g/mol. The Labute approximate surface area is 123 Å². The maximum Gasteiger partial charge on any atom is 0.257 e. The molecule has 112 valence electrons. The minimum absolute atomic E-state index is 0.0102. The van der Waals surface area contributed by atoms with Crippen LogP contribution in [0.4, 0.5) is 0 Å². The van der Waals surface area contributed by atoms with Gasteiger partial charge >= 0.3 is 0 Å². The highest BCUT2D eigenvalue weighted by Crippen LogP contribution is 2.27. The van der Waals surface area contributed by atoms with Crippen LogP contribution >= 0.6 is 0 Å². The lowest BCUT2D eigenvalue weighted by molar-refractivity contribution is 0.0635. The predicted octanol–water partition coefficient (Wildman–Crippen LogP) is 1.88. The molecule has 1 atom stereocenters. The number of hydrogen-bond acceptors (Lipinski definition) is 4. The van der Waals surface area contributed by atoms with Gasteiger partial charge in [-0.2, -0.15) is 0 Å². The van der Waals surface area contributed by atoms with E-state index in [1.165, 1.54) is 12.5 Å². The number of rotatable bonds is 4. The Bertz CT molecular complexity index is 618. The molecule has 0 aliphatic carbocycles. The summed E-state index contributed by atoms with van der Waals surface area (Å²) in [5.74, 6) is 0.924. The number of furan rings is 1. The Morgan fingerprint density at radius 2 is 2.38 bits per heavy atom. The number of carbonyl (C=O) groups is 1. The summed E-state index contributed by atoms with van der Waals surface area (Å²) in [4.78, 5) is 18.8. The highest BCUT2D eigenvalue weighted by atomic mass is 16.5. The summed E-state index contributed by atoms with van der Waals surface area (Å²) >= 11 is 0. The number of carbonyl (C=O) groups excluding carboxylic acids is 1. The molecule has 0 bridgehead atoms.